The molecule has 0 aliphatic carbocycles. The van der Waals surface area contributed by atoms with Crippen LogP contribution >= 0.6 is 23.2 Å². The van der Waals surface area contributed by atoms with E-state index in [1.54, 1.807) is 10.9 Å². The SMILES string of the molecule is C/C=C(\c1ccc(Cl)cc1C)c1c(-c2ccccn2)nn(C)c1Cl.CC. The molecule has 0 aliphatic rings. The van der Waals surface area contributed by atoms with E-state index in [0.29, 0.717) is 10.2 Å². The molecular weight excluding hydrogens is 365 g/mol. The van der Waals surface area contributed by atoms with Crippen molar-refractivity contribution < 1.29 is 0 Å². The molecule has 2 aromatic heterocycles. The van der Waals surface area contributed by atoms with Gasteiger partial charge in [0.2, 0.25) is 0 Å². The molecule has 0 saturated heterocycles. The summed E-state index contributed by atoms with van der Waals surface area (Å²) in [6, 6.07) is 11.6. The van der Waals surface area contributed by atoms with E-state index in [4.69, 9.17) is 23.2 Å². The summed E-state index contributed by atoms with van der Waals surface area (Å²) in [5.41, 5.74) is 5.62. The number of pyridine rings is 1. The molecular formula is C21H23Cl2N3. The molecule has 0 aliphatic heterocycles. The van der Waals surface area contributed by atoms with Crippen molar-refractivity contribution in [2.45, 2.75) is 27.7 Å². The van der Waals surface area contributed by atoms with Crippen molar-refractivity contribution in [2.24, 2.45) is 7.05 Å². The number of aromatic nitrogens is 3. The summed E-state index contributed by atoms with van der Waals surface area (Å²) in [6.07, 6.45) is 3.80. The molecule has 0 saturated carbocycles. The van der Waals surface area contributed by atoms with Gasteiger partial charge in [0.1, 0.15) is 10.8 Å². The van der Waals surface area contributed by atoms with E-state index in [9.17, 15) is 0 Å². The Bertz CT molecular complexity index is 913. The summed E-state index contributed by atoms with van der Waals surface area (Å²) in [7, 11) is 1.83. The molecule has 0 unspecified atom stereocenters. The monoisotopic (exact) mass is 387 g/mol. The fourth-order valence-electron chi connectivity index (χ4n) is 2.79. The minimum atomic E-state index is 0.582. The lowest BCUT2D eigenvalue weighted by Gasteiger charge is -2.12. The summed E-state index contributed by atoms with van der Waals surface area (Å²) in [4.78, 5) is 4.43. The fraction of sp³-hybridized carbons (Fsp3) is 0.238. The first kappa shape index (κ1) is 20.2. The standard InChI is InChI=1S/C19H17Cl2N3.C2H6/c1-4-14(15-9-8-13(20)11-12(15)2)17-18(23-24(3)19(17)21)16-7-5-6-10-22-16;1-2/h4-11H,1-3H3;1-2H3/b14-4+;. The maximum atomic E-state index is 6.58. The Hall–Kier alpha value is -2.10. The smallest absolute Gasteiger partial charge is 0.135 e. The van der Waals surface area contributed by atoms with Crippen LogP contribution in [0.3, 0.4) is 0 Å². The molecule has 3 nitrogen and oxygen atoms in total. The van der Waals surface area contributed by atoms with Gasteiger partial charge in [-0.15, -0.1) is 0 Å². The van der Waals surface area contributed by atoms with Crippen LogP contribution in [0.5, 0.6) is 0 Å². The summed E-state index contributed by atoms with van der Waals surface area (Å²) in [5, 5.41) is 5.88. The molecule has 1 aromatic carbocycles. The zero-order chi connectivity index (χ0) is 19.3. The number of rotatable bonds is 3. The Kier molecular flexibility index (Phi) is 7.01. The average molecular weight is 388 g/mol. The summed E-state index contributed by atoms with van der Waals surface area (Å²) in [5.74, 6) is 0. The van der Waals surface area contributed by atoms with Crippen molar-refractivity contribution in [1.29, 1.82) is 0 Å². The molecule has 0 bridgehead atoms. The van der Waals surface area contributed by atoms with Gasteiger partial charge in [0.05, 0.1) is 5.69 Å². The van der Waals surface area contributed by atoms with Gasteiger partial charge in [-0.25, -0.2) is 0 Å². The lowest BCUT2D eigenvalue weighted by Crippen LogP contribution is -1.94. The Balaban J connectivity index is 0.00000117. The zero-order valence-electron chi connectivity index (χ0n) is 15.7. The molecule has 0 spiro atoms. The second-order valence-corrected chi connectivity index (χ2v) is 6.31. The number of hydrogen-bond acceptors (Lipinski definition) is 2. The van der Waals surface area contributed by atoms with Gasteiger partial charge in [0, 0.05) is 23.8 Å². The number of allylic oxidation sites excluding steroid dienone is 1. The van der Waals surface area contributed by atoms with Crippen LogP contribution in [0.1, 0.15) is 37.5 Å². The van der Waals surface area contributed by atoms with Gasteiger partial charge in [0.15, 0.2) is 0 Å². The van der Waals surface area contributed by atoms with Crippen LogP contribution in [0, 0.1) is 6.92 Å². The van der Waals surface area contributed by atoms with Crippen LogP contribution in [0.15, 0.2) is 48.7 Å². The molecule has 5 heteroatoms. The quantitative estimate of drug-likeness (QED) is 0.508. The predicted octanol–water partition coefficient (Wildman–Crippen LogP) is 6.58. The minimum Gasteiger partial charge on any atom is -0.256 e. The highest BCUT2D eigenvalue weighted by atomic mass is 35.5. The van der Waals surface area contributed by atoms with Crippen molar-refractivity contribution in [1.82, 2.24) is 14.8 Å². The molecule has 0 fully saturated rings. The van der Waals surface area contributed by atoms with E-state index in [-0.39, 0.29) is 0 Å². The van der Waals surface area contributed by atoms with Crippen LogP contribution in [0.4, 0.5) is 0 Å². The number of nitrogens with zero attached hydrogens (tertiary/aromatic N) is 3. The zero-order valence-corrected chi connectivity index (χ0v) is 17.2. The van der Waals surface area contributed by atoms with Gasteiger partial charge >= 0.3 is 0 Å². The van der Waals surface area contributed by atoms with Crippen molar-refractivity contribution >= 4 is 28.8 Å². The van der Waals surface area contributed by atoms with Gasteiger partial charge in [0.25, 0.3) is 0 Å². The molecule has 0 radical (unpaired) electrons. The lowest BCUT2D eigenvalue weighted by atomic mass is 9.93. The van der Waals surface area contributed by atoms with Crippen molar-refractivity contribution in [3.05, 3.63) is 75.5 Å². The highest BCUT2D eigenvalue weighted by Gasteiger charge is 2.22. The van der Waals surface area contributed by atoms with Crippen LogP contribution in [-0.2, 0) is 7.05 Å². The average Bonchev–Trinajstić information content (AvgIpc) is 2.95. The topological polar surface area (TPSA) is 30.7 Å². The lowest BCUT2D eigenvalue weighted by molar-refractivity contribution is 0.770. The Morgan fingerprint density at radius 3 is 2.42 bits per heavy atom. The highest BCUT2D eigenvalue weighted by molar-refractivity contribution is 6.32. The maximum Gasteiger partial charge on any atom is 0.135 e. The number of halogens is 2. The Morgan fingerprint density at radius 1 is 1.12 bits per heavy atom. The van der Waals surface area contributed by atoms with Gasteiger partial charge < -0.3 is 0 Å². The van der Waals surface area contributed by atoms with E-state index in [0.717, 1.165) is 33.7 Å². The van der Waals surface area contributed by atoms with Crippen molar-refractivity contribution in [2.75, 3.05) is 0 Å². The highest BCUT2D eigenvalue weighted by Crippen LogP contribution is 2.37. The molecule has 0 atom stereocenters. The molecule has 2 heterocycles. The third-order valence-corrected chi connectivity index (χ3v) is 4.59. The van der Waals surface area contributed by atoms with Gasteiger partial charge in [-0.05, 0) is 54.8 Å². The van der Waals surface area contributed by atoms with Gasteiger partial charge in [-0.3, -0.25) is 9.67 Å². The fourth-order valence-corrected chi connectivity index (χ4v) is 3.24. The molecule has 26 heavy (non-hydrogen) atoms. The first-order valence-corrected chi connectivity index (χ1v) is 9.35. The van der Waals surface area contributed by atoms with Gasteiger partial charge in [-0.2, -0.15) is 5.10 Å². The normalized spacial score (nSPS) is 11.1. The van der Waals surface area contributed by atoms with E-state index in [2.05, 4.69) is 10.1 Å². The van der Waals surface area contributed by atoms with Crippen LogP contribution < -0.4 is 0 Å². The number of aryl methyl sites for hydroxylation is 2. The third kappa shape index (κ3) is 4.00. The van der Waals surface area contributed by atoms with Crippen molar-refractivity contribution in [3.8, 4) is 11.4 Å². The second kappa shape index (κ2) is 9.02. The molecule has 0 amide bonds. The molecule has 0 N–H and O–H groups in total. The van der Waals surface area contributed by atoms with Crippen LogP contribution in [0.25, 0.3) is 17.0 Å². The summed E-state index contributed by atoms with van der Waals surface area (Å²) < 4.78 is 1.68. The minimum absolute atomic E-state index is 0.582. The Morgan fingerprint density at radius 2 is 1.85 bits per heavy atom. The largest absolute Gasteiger partial charge is 0.256 e. The van der Waals surface area contributed by atoms with E-state index in [1.165, 1.54) is 0 Å². The molecule has 136 valence electrons. The molecule has 3 aromatic rings. The maximum absolute atomic E-state index is 6.58. The van der Waals surface area contributed by atoms with E-state index in [1.807, 2.05) is 77.2 Å². The number of benzene rings is 1. The van der Waals surface area contributed by atoms with Crippen LogP contribution in [0.2, 0.25) is 10.2 Å². The van der Waals surface area contributed by atoms with Crippen LogP contribution in [-0.4, -0.2) is 14.8 Å². The summed E-state index contributed by atoms with van der Waals surface area (Å²) >= 11 is 12.7. The number of hydrogen-bond donors (Lipinski definition) is 0. The van der Waals surface area contributed by atoms with E-state index >= 15 is 0 Å². The molecule has 3 rings (SSSR count). The first-order chi connectivity index (χ1) is 12.5. The van der Waals surface area contributed by atoms with Crippen molar-refractivity contribution in [3.63, 3.8) is 0 Å². The third-order valence-electron chi connectivity index (χ3n) is 3.92. The van der Waals surface area contributed by atoms with E-state index < -0.39 is 0 Å². The first-order valence-electron chi connectivity index (χ1n) is 8.60. The Labute approximate surface area is 165 Å². The second-order valence-electron chi connectivity index (χ2n) is 5.51. The van der Waals surface area contributed by atoms with Gasteiger partial charge in [-0.1, -0.05) is 55.3 Å². The predicted molar refractivity (Wildman–Crippen MR) is 112 cm³/mol. The summed E-state index contributed by atoms with van der Waals surface area (Å²) in [6.45, 7) is 8.03.